The summed E-state index contributed by atoms with van der Waals surface area (Å²) in [5.41, 5.74) is 6.36. The highest BCUT2D eigenvalue weighted by Crippen LogP contribution is 2.37. The molecule has 20 heavy (non-hydrogen) atoms. The predicted molar refractivity (Wildman–Crippen MR) is 81.4 cm³/mol. The molecule has 0 saturated heterocycles. The van der Waals surface area contributed by atoms with Gasteiger partial charge in [0.05, 0.1) is 11.1 Å². The van der Waals surface area contributed by atoms with Crippen molar-refractivity contribution in [3.63, 3.8) is 0 Å². The van der Waals surface area contributed by atoms with E-state index in [9.17, 15) is 0 Å². The molecule has 1 unspecified atom stereocenters. The van der Waals surface area contributed by atoms with E-state index in [2.05, 4.69) is 34.7 Å². The van der Waals surface area contributed by atoms with Crippen molar-refractivity contribution in [1.82, 2.24) is 10.4 Å². The highest BCUT2D eigenvalue weighted by molar-refractivity contribution is 6.31. The fraction of sp³-hybridized carbons (Fsp3) is 0.312. The molecule has 1 aliphatic carbocycles. The zero-order chi connectivity index (χ0) is 13.9. The van der Waals surface area contributed by atoms with Gasteiger partial charge in [-0.15, -0.1) is 0 Å². The molecule has 1 aromatic heterocycles. The van der Waals surface area contributed by atoms with Gasteiger partial charge in [0.25, 0.3) is 0 Å². The van der Waals surface area contributed by atoms with Gasteiger partial charge in [-0.25, -0.2) is 5.43 Å². The standard InChI is InChI=1S/C16H18ClN3/c17-15-10-19-8-7-14(15)16(20-18)13-6-2-5-12(9-13)11-3-1-4-11/h2,5-11,16,20H,1,3-4,18H2. The first-order chi connectivity index (χ1) is 9.79. The summed E-state index contributed by atoms with van der Waals surface area (Å²) in [7, 11) is 0. The van der Waals surface area contributed by atoms with Crippen molar-refractivity contribution in [2.75, 3.05) is 0 Å². The van der Waals surface area contributed by atoms with E-state index in [4.69, 9.17) is 17.4 Å². The van der Waals surface area contributed by atoms with E-state index in [-0.39, 0.29) is 6.04 Å². The van der Waals surface area contributed by atoms with Gasteiger partial charge in [0, 0.05) is 12.4 Å². The van der Waals surface area contributed by atoms with Crippen molar-refractivity contribution < 1.29 is 0 Å². The van der Waals surface area contributed by atoms with Crippen LogP contribution < -0.4 is 11.3 Å². The molecule has 0 bridgehead atoms. The third-order valence-electron chi connectivity index (χ3n) is 4.10. The maximum absolute atomic E-state index is 6.23. The van der Waals surface area contributed by atoms with E-state index < -0.39 is 0 Å². The molecule has 2 aromatic rings. The number of hydrogen-bond acceptors (Lipinski definition) is 3. The number of pyridine rings is 1. The number of nitrogens with two attached hydrogens (primary N) is 1. The topological polar surface area (TPSA) is 50.9 Å². The molecule has 1 atom stereocenters. The molecule has 0 spiro atoms. The zero-order valence-electron chi connectivity index (χ0n) is 11.2. The fourth-order valence-corrected chi connectivity index (χ4v) is 2.95. The number of hydrazine groups is 1. The van der Waals surface area contributed by atoms with Gasteiger partial charge in [0.2, 0.25) is 0 Å². The van der Waals surface area contributed by atoms with Gasteiger partial charge in [-0.1, -0.05) is 42.3 Å². The molecule has 1 aliphatic rings. The molecule has 1 saturated carbocycles. The summed E-state index contributed by atoms with van der Waals surface area (Å²) in [6.45, 7) is 0. The van der Waals surface area contributed by atoms with Crippen LogP contribution in [-0.2, 0) is 0 Å². The lowest BCUT2D eigenvalue weighted by atomic mass is 9.79. The minimum Gasteiger partial charge on any atom is -0.271 e. The lowest BCUT2D eigenvalue weighted by molar-refractivity contribution is 0.419. The Hall–Kier alpha value is -1.42. The third-order valence-corrected chi connectivity index (χ3v) is 4.42. The average Bonchev–Trinajstić information content (AvgIpc) is 2.40. The maximum atomic E-state index is 6.23. The lowest BCUT2D eigenvalue weighted by Gasteiger charge is -2.27. The Balaban J connectivity index is 1.95. The normalized spacial score (nSPS) is 16.7. The molecule has 1 fully saturated rings. The van der Waals surface area contributed by atoms with Crippen LogP contribution in [0.2, 0.25) is 5.02 Å². The van der Waals surface area contributed by atoms with Crippen LogP contribution in [0, 0.1) is 0 Å². The Kier molecular flexibility index (Phi) is 4.01. The van der Waals surface area contributed by atoms with Gasteiger partial charge in [-0.2, -0.15) is 0 Å². The summed E-state index contributed by atoms with van der Waals surface area (Å²) in [6.07, 6.45) is 7.31. The fourth-order valence-electron chi connectivity index (χ4n) is 2.72. The first kappa shape index (κ1) is 13.6. The van der Waals surface area contributed by atoms with Crippen LogP contribution in [0.5, 0.6) is 0 Å². The van der Waals surface area contributed by atoms with Gasteiger partial charge in [-0.05, 0) is 41.5 Å². The second-order valence-electron chi connectivity index (χ2n) is 5.29. The highest BCUT2D eigenvalue weighted by atomic mass is 35.5. The van der Waals surface area contributed by atoms with Gasteiger partial charge in [0.1, 0.15) is 0 Å². The second kappa shape index (κ2) is 5.92. The summed E-state index contributed by atoms with van der Waals surface area (Å²) >= 11 is 6.23. The number of rotatable bonds is 4. The van der Waals surface area contributed by atoms with E-state index in [1.165, 1.54) is 24.8 Å². The molecule has 0 amide bonds. The average molecular weight is 288 g/mol. The molecule has 1 aromatic carbocycles. The van der Waals surface area contributed by atoms with E-state index in [1.54, 1.807) is 12.4 Å². The minimum atomic E-state index is -0.106. The molecule has 3 N–H and O–H groups in total. The summed E-state index contributed by atoms with van der Waals surface area (Å²) in [5.74, 6) is 6.46. The number of halogens is 1. The number of benzene rings is 1. The number of hydrogen-bond donors (Lipinski definition) is 2. The quantitative estimate of drug-likeness (QED) is 0.668. The van der Waals surface area contributed by atoms with Crippen molar-refractivity contribution in [1.29, 1.82) is 0 Å². The maximum Gasteiger partial charge on any atom is 0.0725 e. The van der Waals surface area contributed by atoms with E-state index in [1.807, 2.05) is 6.07 Å². The number of aromatic nitrogens is 1. The SMILES string of the molecule is NNC(c1cccc(C2CCC2)c1)c1ccncc1Cl. The van der Waals surface area contributed by atoms with Crippen molar-refractivity contribution in [3.05, 3.63) is 64.4 Å². The molecule has 0 aliphatic heterocycles. The largest absolute Gasteiger partial charge is 0.271 e. The molecular weight excluding hydrogens is 270 g/mol. The zero-order valence-corrected chi connectivity index (χ0v) is 12.0. The Bertz CT molecular complexity index is 596. The Morgan fingerprint density at radius 3 is 2.80 bits per heavy atom. The van der Waals surface area contributed by atoms with Gasteiger partial charge >= 0.3 is 0 Å². The first-order valence-corrected chi connectivity index (χ1v) is 7.33. The molecule has 4 heteroatoms. The second-order valence-corrected chi connectivity index (χ2v) is 5.70. The summed E-state index contributed by atoms with van der Waals surface area (Å²) in [4.78, 5) is 4.02. The highest BCUT2D eigenvalue weighted by Gasteiger charge is 2.21. The smallest absolute Gasteiger partial charge is 0.0725 e. The summed E-state index contributed by atoms with van der Waals surface area (Å²) in [5, 5.41) is 0.629. The molecule has 1 heterocycles. The van der Waals surface area contributed by atoms with Crippen molar-refractivity contribution in [2.24, 2.45) is 5.84 Å². The van der Waals surface area contributed by atoms with Gasteiger partial charge in [0.15, 0.2) is 0 Å². The van der Waals surface area contributed by atoms with Crippen LogP contribution >= 0.6 is 11.6 Å². The molecular formula is C16H18ClN3. The summed E-state index contributed by atoms with van der Waals surface area (Å²) in [6, 6.07) is 10.4. The molecule has 0 radical (unpaired) electrons. The van der Waals surface area contributed by atoms with E-state index >= 15 is 0 Å². The van der Waals surface area contributed by atoms with Crippen LogP contribution in [-0.4, -0.2) is 4.98 Å². The lowest BCUT2D eigenvalue weighted by Crippen LogP contribution is -2.29. The van der Waals surface area contributed by atoms with Crippen LogP contribution in [0.15, 0.2) is 42.7 Å². The van der Waals surface area contributed by atoms with Crippen molar-refractivity contribution in [3.8, 4) is 0 Å². The molecule has 3 rings (SSSR count). The monoisotopic (exact) mass is 287 g/mol. The van der Waals surface area contributed by atoms with Crippen LogP contribution in [0.3, 0.4) is 0 Å². The predicted octanol–water partition coefficient (Wildman–Crippen LogP) is 3.56. The van der Waals surface area contributed by atoms with Gasteiger partial charge < -0.3 is 0 Å². The van der Waals surface area contributed by atoms with Crippen molar-refractivity contribution >= 4 is 11.6 Å². The number of nitrogens with one attached hydrogen (secondary N) is 1. The van der Waals surface area contributed by atoms with Crippen LogP contribution in [0.25, 0.3) is 0 Å². The molecule has 3 nitrogen and oxygen atoms in total. The number of nitrogens with zero attached hydrogens (tertiary/aromatic N) is 1. The van der Waals surface area contributed by atoms with E-state index in [0.29, 0.717) is 10.9 Å². The third kappa shape index (κ3) is 2.57. The van der Waals surface area contributed by atoms with Crippen LogP contribution in [0.4, 0.5) is 0 Å². The molecule has 104 valence electrons. The minimum absolute atomic E-state index is 0.106. The first-order valence-electron chi connectivity index (χ1n) is 6.95. The van der Waals surface area contributed by atoms with E-state index in [0.717, 1.165) is 11.1 Å². The van der Waals surface area contributed by atoms with Crippen molar-refractivity contribution in [2.45, 2.75) is 31.2 Å². The Morgan fingerprint density at radius 1 is 1.30 bits per heavy atom. The van der Waals surface area contributed by atoms with Crippen LogP contribution in [0.1, 0.15) is 47.9 Å². The van der Waals surface area contributed by atoms with Gasteiger partial charge in [-0.3, -0.25) is 10.8 Å². The summed E-state index contributed by atoms with van der Waals surface area (Å²) < 4.78 is 0. The Morgan fingerprint density at radius 2 is 2.15 bits per heavy atom. The Labute approximate surface area is 124 Å².